The zero-order valence-electron chi connectivity index (χ0n) is 14.6. The number of rotatable bonds is 7. The summed E-state index contributed by atoms with van der Waals surface area (Å²) in [5.74, 6) is 0.915. The van der Waals surface area contributed by atoms with Gasteiger partial charge in [-0.05, 0) is 35.9 Å². The third-order valence-electron chi connectivity index (χ3n) is 3.85. The Balaban J connectivity index is 1.63. The van der Waals surface area contributed by atoms with Gasteiger partial charge in [-0.25, -0.2) is 14.5 Å². The van der Waals surface area contributed by atoms with Crippen LogP contribution < -0.4 is 9.47 Å². The van der Waals surface area contributed by atoms with Crippen molar-refractivity contribution >= 4 is 5.97 Å². The molecule has 0 spiro atoms. The highest BCUT2D eigenvalue weighted by Crippen LogP contribution is 2.25. The van der Waals surface area contributed by atoms with E-state index in [9.17, 15) is 4.79 Å². The molecular formula is C19H19N3O4. The van der Waals surface area contributed by atoms with E-state index in [2.05, 4.69) is 10.1 Å². The molecule has 3 rings (SSSR count). The number of esters is 1. The molecule has 0 saturated heterocycles. The summed E-state index contributed by atoms with van der Waals surface area (Å²) in [4.78, 5) is 16.2. The maximum atomic E-state index is 12.3. The Hall–Kier alpha value is -3.35. The second-order valence-electron chi connectivity index (χ2n) is 5.54. The summed E-state index contributed by atoms with van der Waals surface area (Å²) in [7, 11) is 3.15. The summed E-state index contributed by atoms with van der Waals surface area (Å²) in [5.41, 5.74) is 2.23. The van der Waals surface area contributed by atoms with Crippen molar-refractivity contribution in [3.8, 4) is 11.5 Å². The van der Waals surface area contributed by atoms with Gasteiger partial charge in [0, 0.05) is 5.56 Å². The second-order valence-corrected chi connectivity index (χ2v) is 5.54. The van der Waals surface area contributed by atoms with Crippen LogP contribution in [0.2, 0.25) is 0 Å². The van der Waals surface area contributed by atoms with Crippen molar-refractivity contribution in [2.45, 2.75) is 13.2 Å². The minimum atomic E-state index is -0.401. The number of aromatic nitrogens is 3. The molecule has 0 aliphatic rings. The number of hydrogen-bond donors (Lipinski definition) is 0. The molecule has 0 radical (unpaired) electrons. The Morgan fingerprint density at radius 1 is 1.08 bits per heavy atom. The first kappa shape index (κ1) is 17.5. The van der Waals surface area contributed by atoms with Crippen LogP contribution in [-0.2, 0) is 17.9 Å². The van der Waals surface area contributed by atoms with Crippen LogP contribution in [-0.4, -0.2) is 35.0 Å². The third-order valence-corrected chi connectivity index (χ3v) is 3.85. The lowest BCUT2D eigenvalue weighted by molar-refractivity contribution is 0.0470. The highest BCUT2D eigenvalue weighted by Gasteiger charge is 2.11. The number of carbonyl (C=O) groups is 1. The minimum absolute atomic E-state index is 0.0971. The van der Waals surface area contributed by atoms with E-state index in [1.165, 1.54) is 6.33 Å². The SMILES string of the molecule is COc1ccc(OC)c(COC(=O)c2ccc(Cn3cncn3)cc2)c1. The molecule has 0 saturated carbocycles. The number of hydrogen-bond acceptors (Lipinski definition) is 6. The van der Waals surface area contributed by atoms with Gasteiger partial charge >= 0.3 is 5.97 Å². The van der Waals surface area contributed by atoms with Gasteiger partial charge in [-0.3, -0.25) is 0 Å². The van der Waals surface area contributed by atoms with E-state index in [1.807, 2.05) is 12.1 Å². The van der Waals surface area contributed by atoms with E-state index in [0.29, 0.717) is 23.6 Å². The Morgan fingerprint density at radius 3 is 2.54 bits per heavy atom. The molecule has 0 aliphatic carbocycles. The van der Waals surface area contributed by atoms with Crippen LogP contribution in [0.15, 0.2) is 55.1 Å². The maximum Gasteiger partial charge on any atom is 0.338 e. The predicted molar refractivity (Wildman–Crippen MR) is 94.2 cm³/mol. The second kappa shape index (κ2) is 8.15. The van der Waals surface area contributed by atoms with Gasteiger partial charge in [0.15, 0.2) is 0 Å². The first-order chi connectivity index (χ1) is 12.7. The van der Waals surface area contributed by atoms with E-state index in [1.54, 1.807) is 55.6 Å². The molecule has 0 unspecified atom stereocenters. The molecule has 1 heterocycles. The lowest BCUT2D eigenvalue weighted by Crippen LogP contribution is -2.07. The molecule has 0 aliphatic heterocycles. The number of nitrogens with zero attached hydrogens (tertiary/aromatic N) is 3. The van der Waals surface area contributed by atoms with Crippen molar-refractivity contribution in [1.29, 1.82) is 0 Å². The van der Waals surface area contributed by atoms with Gasteiger partial charge in [0.25, 0.3) is 0 Å². The largest absolute Gasteiger partial charge is 0.497 e. The van der Waals surface area contributed by atoms with E-state index < -0.39 is 5.97 Å². The smallest absolute Gasteiger partial charge is 0.338 e. The molecule has 1 aromatic heterocycles. The lowest BCUT2D eigenvalue weighted by Gasteiger charge is -2.11. The van der Waals surface area contributed by atoms with Crippen LogP contribution >= 0.6 is 0 Å². The first-order valence-corrected chi connectivity index (χ1v) is 7.99. The molecule has 0 amide bonds. The zero-order valence-corrected chi connectivity index (χ0v) is 14.6. The van der Waals surface area contributed by atoms with Crippen LogP contribution in [0.4, 0.5) is 0 Å². The van der Waals surface area contributed by atoms with E-state index in [0.717, 1.165) is 11.1 Å². The number of ether oxygens (including phenoxy) is 3. The van der Waals surface area contributed by atoms with Gasteiger partial charge in [0.1, 0.15) is 30.8 Å². The summed E-state index contributed by atoms with van der Waals surface area (Å²) >= 11 is 0. The average molecular weight is 353 g/mol. The monoisotopic (exact) mass is 353 g/mol. The van der Waals surface area contributed by atoms with E-state index in [-0.39, 0.29) is 6.61 Å². The van der Waals surface area contributed by atoms with Crippen molar-refractivity contribution in [1.82, 2.24) is 14.8 Å². The Kier molecular flexibility index (Phi) is 5.48. The third kappa shape index (κ3) is 4.18. The molecule has 0 N–H and O–H groups in total. The Labute approximate surface area is 151 Å². The first-order valence-electron chi connectivity index (χ1n) is 7.99. The summed E-state index contributed by atoms with van der Waals surface area (Å²) in [5, 5.41) is 4.05. The number of carbonyl (C=O) groups excluding carboxylic acids is 1. The lowest BCUT2D eigenvalue weighted by atomic mass is 10.1. The van der Waals surface area contributed by atoms with Crippen LogP contribution in [0.25, 0.3) is 0 Å². The standard InChI is InChI=1S/C19H19N3O4/c1-24-17-7-8-18(25-2)16(9-17)11-26-19(23)15-5-3-14(4-6-15)10-22-13-20-12-21-22/h3-9,12-13H,10-11H2,1-2H3. The minimum Gasteiger partial charge on any atom is -0.497 e. The molecule has 0 atom stereocenters. The molecule has 26 heavy (non-hydrogen) atoms. The summed E-state index contributed by atoms with van der Waals surface area (Å²) in [6.45, 7) is 0.691. The van der Waals surface area contributed by atoms with Gasteiger partial charge in [0.2, 0.25) is 0 Å². The predicted octanol–water partition coefficient (Wildman–Crippen LogP) is 2.70. The highest BCUT2D eigenvalue weighted by atomic mass is 16.5. The van der Waals surface area contributed by atoms with Gasteiger partial charge in [-0.1, -0.05) is 12.1 Å². The van der Waals surface area contributed by atoms with E-state index in [4.69, 9.17) is 14.2 Å². The Bertz CT molecular complexity index is 861. The fourth-order valence-corrected chi connectivity index (χ4v) is 2.47. The molecule has 2 aromatic carbocycles. The molecule has 3 aromatic rings. The molecule has 0 bridgehead atoms. The summed E-state index contributed by atoms with van der Waals surface area (Å²) in [6.07, 6.45) is 3.13. The van der Waals surface area contributed by atoms with Crippen LogP contribution in [0, 0.1) is 0 Å². The quantitative estimate of drug-likeness (QED) is 0.608. The summed E-state index contributed by atoms with van der Waals surface area (Å²) in [6, 6.07) is 12.6. The zero-order chi connectivity index (χ0) is 18.4. The van der Waals surface area contributed by atoms with Crippen molar-refractivity contribution in [3.63, 3.8) is 0 Å². The molecular weight excluding hydrogens is 334 g/mol. The van der Waals surface area contributed by atoms with Gasteiger partial charge in [0.05, 0.1) is 26.3 Å². The van der Waals surface area contributed by atoms with Crippen molar-refractivity contribution in [3.05, 3.63) is 71.8 Å². The number of benzene rings is 2. The topological polar surface area (TPSA) is 75.5 Å². The average Bonchev–Trinajstić information content (AvgIpc) is 3.19. The Morgan fingerprint density at radius 2 is 1.88 bits per heavy atom. The fourth-order valence-electron chi connectivity index (χ4n) is 2.47. The van der Waals surface area contributed by atoms with E-state index >= 15 is 0 Å². The van der Waals surface area contributed by atoms with Crippen molar-refractivity contribution < 1.29 is 19.0 Å². The molecule has 0 fully saturated rings. The van der Waals surface area contributed by atoms with Crippen LogP contribution in [0.5, 0.6) is 11.5 Å². The normalized spacial score (nSPS) is 10.4. The van der Waals surface area contributed by atoms with Crippen molar-refractivity contribution in [2.75, 3.05) is 14.2 Å². The van der Waals surface area contributed by atoms with Gasteiger partial charge < -0.3 is 14.2 Å². The van der Waals surface area contributed by atoms with Crippen LogP contribution in [0.3, 0.4) is 0 Å². The fraction of sp³-hybridized carbons (Fsp3) is 0.211. The molecule has 7 heteroatoms. The molecule has 134 valence electrons. The number of methoxy groups -OCH3 is 2. The molecule has 7 nitrogen and oxygen atoms in total. The van der Waals surface area contributed by atoms with Crippen LogP contribution in [0.1, 0.15) is 21.5 Å². The van der Waals surface area contributed by atoms with Crippen molar-refractivity contribution in [2.24, 2.45) is 0 Å². The summed E-state index contributed by atoms with van der Waals surface area (Å²) < 4.78 is 17.6. The highest BCUT2D eigenvalue weighted by molar-refractivity contribution is 5.89. The van der Waals surface area contributed by atoms with Gasteiger partial charge in [-0.15, -0.1) is 0 Å². The van der Waals surface area contributed by atoms with Gasteiger partial charge in [-0.2, -0.15) is 5.10 Å². The maximum absolute atomic E-state index is 12.3.